The van der Waals surface area contributed by atoms with Crippen LogP contribution >= 0.6 is 0 Å². The number of amides is 3. The van der Waals surface area contributed by atoms with Crippen LogP contribution in [0.15, 0.2) is 30.1 Å². The number of nitrogens with zero attached hydrogens (tertiary/aromatic N) is 1. The Morgan fingerprint density at radius 3 is 2.62 bits per heavy atom. The molecular formula is C24H32N4O6. The highest BCUT2D eigenvalue weighted by Crippen LogP contribution is 2.30. The molecule has 1 aliphatic carbocycles. The van der Waals surface area contributed by atoms with Crippen LogP contribution in [0.2, 0.25) is 0 Å². The topological polar surface area (TPSA) is 129 Å². The largest absolute Gasteiger partial charge is 0.481 e. The summed E-state index contributed by atoms with van der Waals surface area (Å²) in [4.78, 5) is 42.9. The van der Waals surface area contributed by atoms with Crippen LogP contribution in [0.4, 0.5) is 15.3 Å². The van der Waals surface area contributed by atoms with Crippen molar-refractivity contribution >= 4 is 23.8 Å². The molecule has 0 aromatic heterocycles. The molecule has 1 aromatic rings. The molecule has 4 rings (SSSR count). The molecule has 2 heterocycles. The molecule has 10 heteroatoms. The van der Waals surface area contributed by atoms with Crippen molar-refractivity contribution in [3.05, 3.63) is 41.2 Å². The zero-order valence-corrected chi connectivity index (χ0v) is 19.6. The van der Waals surface area contributed by atoms with Crippen LogP contribution in [0.1, 0.15) is 57.1 Å². The number of hydrogen-bond donors (Lipinski definition) is 4. The van der Waals surface area contributed by atoms with E-state index in [0.717, 1.165) is 24.0 Å². The van der Waals surface area contributed by atoms with Crippen LogP contribution < -0.4 is 16.1 Å². The second kappa shape index (κ2) is 9.92. The summed E-state index contributed by atoms with van der Waals surface area (Å²) in [5, 5.41) is 14.5. The van der Waals surface area contributed by atoms with E-state index < -0.39 is 11.6 Å². The Balaban J connectivity index is 1.26. The van der Waals surface area contributed by atoms with Crippen LogP contribution in [-0.2, 0) is 27.3 Å². The highest BCUT2D eigenvalue weighted by Gasteiger charge is 2.29. The van der Waals surface area contributed by atoms with E-state index in [4.69, 9.17) is 14.7 Å². The fraction of sp³-hybridized carbons (Fsp3) is 0.542. The average molecular weight is 473 g/mol. The van der Waals surface area contributed by atoms with E-state index in [0.29, 0.717) is 43.9 Å². The molecule has 2 aliphatic heterocycles. The molecule has 3 amide bonds. The predicted octanol–water partition coefficient (Wildman–Crippen LogP) is 3.49. The molecule has 4 N–H and O–H groups in total. The number of nitrogens with one attached hydrogen (secondary N) is 3. The van der Waals surface area contributed by atoms with Gasteiger partial charge in [0, 0.05) is 25.2 Å². The van der Waals surface area contributed by atoms with Crippen molar-refractivity contribution in [2.45, 2.75) is 70.6 Å². The molecular weight excluding hydrogens is 440 g/mol. The summed E-state index contributed by atoms with van der Waals surface area (Å²) in [6, 6.07) is 5.28. The lowest BCUT2D eigenvalue weighted by atomic mass is 9.85. The van der Waals surface area contributed by atoms with Crippen molar-refractivity contribution in [1.82, 2.24) is 15.7 Å². The molecule has 0 atom stereocenters. The fourth-order valence-corrected chi connectivity index (χ4v) is 4.64. The number of aliphatic carboxylic acids is 1. The number of benzene rings is 1. The van der Waals surface area contributed by atoms with Crippen molar-refractivity contribution in [2.24, 2.45) is 5.92 Å². The Hall–Kier alpha value is -3.27. The molecule has 1 aromatic carbocycles. The van der Waals surface area contributed by atoms with Crippen molar-refractivity contribution < 1.29 is 29.1 Å². The van der Waals surface area contributed by atoms with Gasteiger partial charge in [0.15, 0.2) is 0 Å². The van der Waals surface area contributed by atoms with Crippen LogP contribution in [-0.4, -0.2) is 46.3 Å². The number of hydrogen-bond acceptors (Lipinski definition) is 6. The van der Waals surface area contributed by atoms with Gasteiger partial charge in [-0.15, -0.1) is 0 Å². The molecule has 1 fully saturated rings. The monoisotopic (exact) mass is 472 g/mol. The first-order valence-corrected chi connectivity index (χ1v) is 11.7. The summed E-state index contributed by atoms with van der Waals surface area (Å²) < 4.78 is 5.71. The number of carbonyl (C=O) groups excluding carboxylic acids is 2. The molecule has 10 nitrogen and oxygen atoms in total. The lowest BCUT2D eigenvalue weighted by molar-refractivity contribution is -0.138. The van der Waals surface area contributed by atoms with E-state index in [-0.39, 0.29) is 30.6 Å². The minimum atomic E-state index is -0.770. The second-order valence-electron chi connectivity index (χ2n) is 9.72. The number of ether oxygens (including phenoxy) is 1. The van der Waals surface area contributed by atoms with Crippen LogP contribution in [0, 0.1) is 5.92 Å². The predicted molar refractivity (Wildman–Crippen MR) is 124 cm³/mol. The van der Waals surface area contributed by atoms with Crippen molar-refractivity contribution in [3.63, 3.8) is 0 Å². The fourth-order valence-electron chi connectivity index (χ4n) is 4.64. The lowest BCUT2D eigenvalue weighted by Crippen LogP contribution is -2.39. The van der Waals surface area contributed by atoms with E-state index in [1.165, 1.54) is 0 Å². The average Bonchev–Trinajstić information content (AvgIpc) is 3.12. The third-order valence-electron chi connectivity index (χ3n) is 6.42. The van der Waals surface area contributed by atoms with E-state index >= 15 is 0 Å². The van der Waals surface area contributed by atoms with Crippen molar-refractivity contribution in [3.8, 4) is 0 Å². The van der Waals surface area contributed by atoms with Gasteiger partial charge in [-0.3, -0.25) is 20.4 Å². The Morgan fingerprint density at radius 1 is 1.18 bits per heavy atom. The first-order valence-electron chi connectivity index (χ1n) is 11.7. The van der Waals surface area contributed by atoms with Gasteiger partial charge in [-0.2, -0.15) is 0 Å². The van der Waals surface area contributed by atoms with Gasteiger partial charge < -0.3 is 20.1 Å². The van der Waals surface area contributed by atoms with Gasteiger partial charge in [-0.1, -0.05) is 6.07 Å². The van der Waals surface area contributed by atoms with Gasteiger partial charge in [-0.05, 0) is 81.2 Å². The Kier molecular flexibility index (Phi) is 6.97. The minimum absolute atomic E-state index is 0.149. The number of rotatable bonds is 5. The van der Waals surface area contributed by atoms with Crippen molar-refractivity contribution in [1.29, 1.82) is 0 Å². The highest BCUT2D eigenvalue weighted by atomic mass is 16.7. The standard InChI is InChI=1S/C24H32N4O6/c1-24(2)13-20(27-34-24)26-22(31)25-18-6-5-17-14-28(10-9-16(17)12-18)23(32)33-19-7-3-15(4-8-19)11-21(29)30/h5-6,12-13,15,19,27H,3-4,7-11,14H2,1-2H3,(H,29,30)(H2,25,26,31)/t15-,19-. The van der Waals surface area contributed by atoms with E-state index in [1.54, 1.807) is 11.0 Å². The minimum Gasteiger partial charge on any atom is -0.481 e. The molecule has 0 saturated heterocycles. The normalized spacial score (nSPS) is 23.2. The summed E-state index contributed by atoms with van der Waals surface area (Å²) in [5.74, 6) is -0.108. The zero-order valence-electron chi connectivity index (χ0n) is 19.6. The van der Waals surface area contributed by atoms with Crippen molar-refractivity contribution in [2.75, 3.05) is 11.9 Å². The first-order chi connectivity index (χ1) is 16.2. The lowest BCUT2D eigenvalue weighted by Gasteiger charge is -2.32. The van der Waals surface area contributed by atoms with Gasteiger partial charge in [0.25, 0.3) is 0 Å². The maximum absolute atomic E-state index is 12.7. The number of carboxylic acid groups (broad SMARTS) is 1. The van der Waals surface area contributed by atoms with Gasteiger partial charge in [0.2, 0.25) is 0 Å². The van der Waals surface area contributed by atoms with E-state index in [2.05, 4.69) is 16.1 Å². The molecule has 34 heavy (non-hydrogen) atoms. The summed E-state index contributed by atoms with van der Waals surface area (Å²) in [6.45, 7) is 4.75. The third-order valence-corrected chi connectivity index (χ3v) is 6.42. The Labute approximate surface area is 198 Å². The molecule has 184 valence electrons. The Morgan fingerprint density at radius 2 is 1.94 bits per heavy atom. The van der Waals surface area contributed by atoms with Crippen LogP contribution in [0.25, 0.3) is 0 Å². The molecule has 0 spiro atoms. The van der Waals surface area contributed by atoms with Gasteiger partial charge >= 0.3 is 18.1 Å². The molecule has 0 bridgehead atoms. The number of fused-ring (bicyclic) bond motifs is 1. The molecule has 0 unspecified atom stereocenters. The number of carbonyl (C=O) groups is 3. The van der Waals surface area contributed by atoms with Gasteiger partial charge in [0.05, 0.1) is 0 Å². The maximum atomic E-state index is 12.7. The number of hydroxylamine groups is 1. The van der Waals surface area contributed by atoms with Crippen LogP contribution in [0.5, 0.6) is 0 Å². The highest BCUT2D eigenvalue weighted by molar-refractivity contribution is 5.90. The molecule has 0 radical (unpaired) electrons. The summed E-state index contributed by atoms with van der Waals surface area (Å²) in [5.41, 5.74) is 4.97. The molecule has 3 aliphatic rings. The number of urea groups is 1. The SMILES string of the molecule is CC1(C)C=C(NC(=O)Nc2ccc3c(c2)CCN(C(=O)O[C@H]2CC[C@H](CC(=O)O)CC2)C3)NO1. The van der Waals surface area contributed by atoms with Crippen LogP contribution in [0.3, 0.4) is 0 Å². The van der Waals surface area contributed by atoms with Gasteiger partial charge in [0.1, 0.15) is 17.5 Å². The second-order valence-corrected chi connectivity index (χ2v) is 9.72. The zero-order chi connectivity index (χ0) is 24.3. The smallest absolute Gasteiger partial charge is 0.410 e. The first kappa shape index (κ1) is 23.9. The summed E-state index contributed by atoms with van der Waals surface area (Å²) >= 11 is 0. The number of carboxylic acids is 1. The summed E-state index contributed by atoms with van der Waals surface area (Å²) in [7, 11) is 0. The maximum Gasteiger partial charge on any atom is 0.410 e. The Bertz CT molecular complexity index is 984. The third kappa shape index (κ3) is 6.19. The molecule has 1 saturated carbocycles. The summed E-state index contributed by atoms with van der Waals surface area (Å²) in [6.07, 6.45) is 5.13. The van der Waals surface area contributed by atoms with Gasteiger partial charge in [-0.25, -0.2) is 9.59 Å². The number of anilines is 1. The quantitative estimate of drug-likeness (QED) is 0.516. The van der Waals surface area contributed by atoms with E-state index in [1.807, 2.05) is 32.0 Å². The van der Waals surface area contributed by atoms with E-state index in [9.17, 15) is 14.4 Å².